The molecule has 3 aromatic rings. The third-order valence-corrected chi connectivity index (χ3v) is 7.17. The lowest BCUT2D eigenvalue weighted by atomic mass is 10.2. The van der Waals surface area contributed by atoms with Gasteiger partial charge in [-0.1, -0.05) is 0 Å². The third kappa shape index (κ3) is 4.80. The molecule has 0 radical (unpaired) electrons. The van der Waals surface area contributed by atoms with Crippen molar-refractivity contribution >= 4 is 39.2 Å². The van der Waals surface area contributed by atoms with Crippen molar-refractivity contribution < 1.29 is 14.6 Å². The fourth-order valence-electron chi connectivity index (χ4n) is 4.23. The van der Waals surface area contributed by atoms with Crippen molar-refractivity contribution in [1.29, 1.82) is 0 Å². The van der Waals surface area contributed by atoms with Crippen molar-refractivity contribution in [3.63, 3.8) is 0 Å². The second-order valence-corrected chi connectivity index (χ2v) is 9.64. The van der Waals surface area contributed by atoms with Gasteiger partial charge in [-0.25, -0.2) is 19.9 Å². The minimum Gasteiger partial charge on any atom is -0.384 e. The van der Waals surface area contributed by atoms with Gasteiger partial charge < -0.3 is 25.4 Å². The molecule has 0 aliphatic carbocycles. The van der Waals surface area contributed by atoms with E-state index in [4.69, 9.17) is 20.4 Å². The zero-order valence-electron chi connectivity index (χ0n) is 19.1. The fourth-order valence-corrected chi connectivity index (χ4v) is 5.38. The molecule has 0 spiro atoms. The molecule has 0 saturated carbocycles. The summed E-state index contributed by atoms with van der Waals surface area (Å²) >= 11 is 1.71. The molecule has 2 fully saturated rings. The highest BCUT2D eigenvalue weighted by Crippen LogP contribution is 2.35. The molecule has 1 amide bonds. The van der Waals surface area contributed by atoms with E-state index in [-0.39, 0.29) is 11.9 Å². The Bertz CT molecular complexity index is 1150. The molecule has 3 aromatic heterocycles. The van der Waals surface area contributed by atoms with Gasteiger partial charge in [-0.05, 0) is 13.0 Å². The Balaban J connectivity index is 1.41. The van der Waals surface area contributed by atoms with Gasteiger partial charge in [0.25, 0.3) is 5.91 Å². The molecule has 180 valence electrons. The van der Waals surface area contributed by atoms with Gasteiger partial charge in [-0.2, -0.15) is 0 Å². The van der Waals surface area contributed by atoms with Crippen LogP contribution in [0.2, 0.25) is 0 Å². The summed E-state index contributed by atoms with van der Waals surface area (Å²) < 4.78 is 6.60. The molecular formula is C22H28N8O3S. The van der Waals surface area contributed by atoms with E-state index in [0.717, 1.165) is 54.3 Å². The molecule has 2 aliphatic heterocycles. The number of nitrogens with two attached hydrogens (primary N) is 1. The molecule has 34 heavy (non-hydrogen) atoms. The van der Waals surface area contributed by atoms with Crippen LogP contribution < -0.4 is 10.6 Å². The number of ether oxygens (including phenoxy) is 1. The molecule has 5 heterocycles. The Morgan fingerprint density at radius 3 is 2.53 bits per heavy atom. The number of aliphatic hydroxyl groups is 1. The number of hydrogen-bond donors (Lipinski definition) is 2. The number of hydrogen-bond acceptors (Lipinski definition) is 11. The summed E-state index contributed by atoms with van der Waals surface area (Å²) in [5, 5.41) is 9.56. The lowest BCUT2D eigenvalue weighted by Crippen LogP contribution is -2.50. The van der Waals surface area contributed by atoms with Crippen LogP contribution >= 0.6 is 11.3 Å². The Labute approximate surface area is 201 Å². The van der Waals surface area contributed by atoms with Crippen molar-refractivity contribution in [2.24, 2.45) is 0 Å². The summed E-state index contributed by atoms with van der Waals surface area (Å²) in [5.74, 6) is 1.49. The normalized spacial score (nSPS) is 18.4. The maximum atomic E-state index is 12.1. The largest absolute Gasteiger partial charge is 0.384 e. The van der Waals surface area contributed by atoms with E-state index in [1.807, 2.05) is 0 Å². The number of fused-ring (bicyclic) bond motifs is 1. The van der Waals surface area contributed by atoms with Gasteiger partial charge in [0.2, 0.25) is 5.95 Å². The topological polar surface area (TPSA) is 134 Å². The molecule has 12 heteroatoms. The molecule has 3 N–H and O–H groups in total. The van der Waals surface area contributed by atoms with Crippen molar-refractivity contribution in [2.75, 3.05) is 63.1 Å². The first-order valence-electron chi connectivity index (χ1n) is 11.4. The van der Waals surface area contributed by atoms with Crippen LogP contribution in [-0.4, -0.2) is 99.3 Å². The zero-order valence-corrected chi connectivity index (χ0v) is 19.9. The summed E-state index contributed by atoms with van der Waals surface area (Å²) in [5.41, 5.74) is 7.27. The van der Waals surface area contributed by atoms with Crippen LogP contribution in [0.15, 0.2) is 18.5 Å². The number of nitrogen functional groups attached to an aromatic ring is 1. The quantitative estimate of drug-likeness (QED) is 0.530. The van der Waals surface area contributed by atoms with E-state index in [2.05, 4.69) is 25.8 Å². The van der Waals surface area contributed by atoms with Crippen LogP contribution in [0.1, 0.15) is 11.8 Å². The maximum Gasteiger partial charge on any atom is 0.251 e. The summed E-state index contributed by atoms with van der Waals surface area (Å²) in [6.45, 7) is 7.95. The molecule has 0 bridgehead atoms. The highest BCUT2D eigenvalue weighted by molar-refractivity contribution is 7.19. The minimum absolute atomic E-state index is 0.203. The average Bonchev–Trinajstić information content (AvgIpc) is 3.26. The number of nitrogens with zero attached hydrogens (tertiary/aromatic N) is 7. The SMILES string of the molecule is C[C@H](O)C(=O)N1CCN(Cc2cc3nc(-c4cnc(N)nc4)nc(N4CCOCC4)c3s2)CC1. The standard InChI is InChI=1S/C22H28N8O3S/c1-14(31)21(32)30-4-2-28(3-5-30)13-16-10-17-18(34-16)20(29-6-8-33-9-7-29)27-19(26-17)15-11-24-22(23)25-12-15/h10-12,14,31H,2-9,13H2,1H3,(H2,23,24,25)/t14-/m0/s1. The van der Waals surface area contributed by atoms with Gasteiger partial charge in [0.15, 0.2) is 11.6 Å². The smallest absolute Gasteiger partial charge is 0.251 e. The van der Waals surface area contributed by atoms with E-state index >= 15 is 0 Å². The first-order chi connectivity index (χ1) is 16.5. The molecule has 0 aromatic carbocycles. The molecular weight excluding hydrogens is 456 g/mol. The van der Waals surface area contributed by atoms with Crippen LogP contribution in [-0.2, 0) is 16.1 Å². The summed E-state index contributed by atoms with van der Waals surface area (Å²) in [4.78, 5) is 37.5. The summed E-state index contributed by atoms with van der Waals surface area (Å²) in [6.07, 6.45) is 2.34. The highest BCUT2D eigenvalue weighted by Gasteiger charge is 2.25. The predicted molar refractivity (Wildman–Crippen MR) is 129 cm³/mol. The number of amides is 1. The van der Waals surface area contributed by atoms with Gasteiger partial charge in [0.1, 0.15) is 6.10 Å². The molecule has 0 unspecified atom stereocenters. The van der Waals surface area contributed by atoms with E-state index in [0.29, 0.717) is 32.1 Å². The number of thiophene rings is 1. The summed E-state index contributed by atoms with van der Waals surface area (Å²) in [7, 11) is 0. The van der Waals surface area contributed by atoms with Crippen LogP contribution in [0, 0.1) is 0 Å². The van der Waals surface area contributed by atoms with Crippen molar-refractivity contribution in [3.05, 3.63) is 23.3 Å². The highest BCUT2D eigenvalue weighted by atomic mass is 32.1. The lowest BCUT2D eigenvalue weighted by Gasteiger charge is -2.35. The Hall–Kier alpha value is -2.93. The van der Waals surface area contributed by atoms with Gasteiger partial charge >= 0.3 is 0 Å². The predicted octanol–water partition coefficient (Wildman–Crippen LogP) is 0.592. The monoisotopic (exact) mass is 484 g/mol. The van der Waals surface area contributed by atoms with Gasteiger partial charge in [0, 0.05) is 63.1 Å². The number of rotatable bonds is 5. The fraction of sp³-hybridized carbons (Fsp3) is 0.500. The number of aliphatic hydroxyl groups excluding tert-OH is 1. The zero-order chi connectivity index (χ0) is 23.7. The number of piperazine rings is 1. The first-order valence-corrected chi connectivity index (χ1v) is 12.2. The first kappa shape index (κ1) is 22.8. The lowest BCUT2D eigenvalue weighted by molar-refractivity contribution is -0.141. The third-order valence-electron chi connectivity index (χ3n) is 6.07. The van der Waals surface area contributed by atoms with Gasteiger partial charge in [-0.3, -0.25) is 9.69 Å². The van der Waals surface area contributed by atoms with E-state index in [1.54, 1.807) is 28.6 Å². The minimum atomic E-state index is -0.952. The second-order valence-electron chi connectivity index (χ2n) is 8.50. The average molecular weight is 485 g/mol. The van der Waals surface area contributed by atoms with Crippen molar-refractivity contribution in [1.82, 2.24) is 29.7 Å². The molecule has 11 nitrogen and oxygen atoms in total. The van der Waals surface area contributed by atoms with Gasteiger partial charge in [-0.15, -0.1) is 11.3 Å². The maximum absolute atomic E-state index is 12.1. The second kappa shape index (κ2) is 9.74. The number of aromatic nitrogens is 4. The van der Waals surface area contributed by atoms with Crippen LogP contribution in [0.5, 0.6) is 0 Å². The number of carbonyl (C=O) groups is 1. The molecule has 2 aliphatic rings. The number of anilines is 2. The summed E-state index contributed by atoms with van der Waals surface area (Å²) in [6, 6.07) is 2.13. The van der Waals surface area contributed by atoms with Crippen LogP contribution in [0.4, 0.5) is 11.8 Å². The van der Waals surface area contributed by atoms with Gasteiger partial charge in [0.05, 0.1) is 29.0 Å². The Morgan fingerprint density at radius 1 is 1.15 bits per heavy atom. The number of morpholine rings is 1. The van der Waals surface area contributed by atoms with E-state index in [9.17, 15) is 9.90 Å². The van der Waals surface area contributed by atoms with E-state index in [1.165, 1.54) is 11.8 Å². The van der Waals surface area contributed by atoms with Crippen molar-refractivity contribution in [3.8, 4) is 11.4 Å². The van der Waals surface area contributed by atoms with Crippen LogP contribution in [0.3, 0.4) is 0 Å². The molecule has 5 rings (SSSR count). The van der Waals surface area contributed by atoms with E-state index < -0.39 is 6.10 Å². The number of carbonyl (C=O) groups excluding carboxylic acids is 1. The Kier molecular flexibility index (Phi) is 6.55. The van der Waals surface area contributed by atoms with Crippen molar-refractivity contribution in [2.45, 2.75) is 19.6 Å². The molecule has 2 saturated heterocycles. The Morgan fingerprint density at radius 2 is 1.85 bits per heavy atom. The molecule has 1 atom stereocenters. The van der Waals surface area contributed by atoms with Crippen LogP contribution in [0.25, 0.3) is 21.6 Å².